The maximum atomic E-state index is 10.9. The van der Waals surface area contributed by atoms with Gasteiger partial charge >= 0.3 is 5.97 Å². The van der Waals surface area contributed by atoms with E-state index in [9.17, 15) is 4.79 Å². The molecular weight excluding hydrogens is 177 g/mol. The number of aliphatic hydroxyl groups is 1. The Kier molecular flexibility index (Phi) is 3.14. The Morgan fingerprint density at radius 1 is 1.67 bits per heavy atom. The van der Waals surface area contributed by atoms with Gasteiger partial charge in [0, 0.05) is 0 Å². The lowest BCUT2D eigenvalue weighted by Gasteiger charge is -1.99. The van der Waals surface area contributed by atoms with Gasteiger partial charge in [0.05, 0.1) is 21.8 Å². The normalized spacial score (nSPS) is 9.50. The van der Waals surface area contributed by atoms with E-state index in [0.717, 1.165) is 0 Å². The number of rotatable bonds is 2. The molecule has 0 fully saturated rings. The SMILES string of the molecule is O=C(OP)c1cccc(CO)n1. The topological polar surface area (TPSA) is 59.4 Å². The lowest BCUT2D eigenvalue weighted by atomic mass is 10.3. The van der Waals surface area contributed by atoms with Crippen molar-refractivity contribution < 1.29 is 14.4 Å². The number of nitrogens with zero attached hydrogens (tertiary/aromatic N) is 1. The maximum absolute atomic E-state index is 10.9. The Labute approximate surface area is 71.9 Å². The molecule has 1 atom stereocenters. The standard InChI is InChI=1S/C7H8NO3P/c9-4-5-2-1-3-6(8-5)7(10)11-12/h1-3,9H,4,12H2. The first-order valence-corrected chi connectivity index (χ1v) is 3.73. The summed E-state index contributed by atoms with van der Waals surface area (Å²) in [4.78, 5) is 14.7. The molecule has 0 aliphatic heterocycles. The van der Waals surface area contributed by atoms with Crippen LogP contribution in [-0.2, 0) is 11.1 Å². The molecule has 0 amide bonds. The average Bonchev–Trinajstić information content (AvgIpc) is 2.17. The van der Waals surface area contributed by atoms with Gasteiger partial charge in [-0.3, -0.25) is 0 Å². The van der Waals surface area contributed by atoms with Crippen LogP contribution in [0.5, 0.6) is 0 Å². The average molecular weight is 185 g/mol. The van der Waals surface area contributed by atoms with Crippen molar-refractivity contribution in [1.82, 2.24) is 4.98 Å². The molecule has 0 aliphatic rings. The summed E-state index contributed by atoms with van der Waals surface area (Å²) in [5.41, 5.74) is 0.638. The smallest absolute Gasteiger partial charge is 0.359 e. The van der Waals surface area contributed by atoms with E-state index in [0.29, 0.717) is 5.69 Å². The van der Waals surface area contributed by atoms with E-state index in [4.69, 9.17) is 5.11 Å². The third kappa shape index (κ3) is 2.00. The summed E-state index contributed by atoms with van der Waals surface area (Å²) >= 11 is 0. The van der Waals surface area contributed by atoms with Crippen molar-refractivity contribution in [3.63, 3.8) is 0 Å². The van der Waals surface area contributed by atoms with Crippen LogP contribution < -0.4 is 0 Å². The highest BCUT2D eigenvalue weighted by Gasteiger charge is 2.06. The molecule has 5 heteroatoms. The molecule has 0 bridgehead atoms. The van der Waals surface area contributed by atoms with Gasteiger partial charge < -0.3 is 9.63 Å². The number of aliphatic hydroxyl groups excluding tert-OH is 1. The second kappa shape index (κ2) is 4.14. The first-order valence-electron chi connectivity index (χ1n) is 3.25. The maximum Gasteiger partial charge on any atom is 0.359 e. The van der Waals surface area contributed by atoms with Gasteiger partial charge in [-0.2, -0.15) is 0 Å². The van der Waals surface area contributed by atoms with Crippen LogP contribution in [0.1, 0.15) is 16.2 Å². The van der Waals surface area contributed by atoms with Crippen LogP contribution in [0.25, 0.3) is 0 Å². The van der Waals surface area contributed by atoms with Crippen molar-refractivity contribution in [2.24, 2.45) is 0 Å². The van der Waals surface area contributed by atoms with Gasteiger partial charge in [-0.05, 0) is 12.1 Å². The van der Waals surface area contributed by atoms with Gasteiger partial charge in [-0.15, -0.1) is 0 Å². The molecule has 1 unspecified atom stereocenters. The summed E-state index contributed by atoms with van der Waals surface area (Å²) < 4.78 is 4.37. The van der Waals surface area contributed by atoms with Gasteiger partial charge in [-0.1, -0.05) is 6.07 Å². The Hall–Kier alpha value is -0.990. The van der Waals surface area contributed by atoms with Gasteiger partial charge in [0.15, 0.2) is 0 Å². The summed E-state index contributed by atoms with van der Waals surface area (Å²) in [5.74, 6) is -0.532. The predicted molar refractivity (Wildman–Crippen MR) is 45.3 cm³/mol. The summed E-state index contributed by atoms with van der Waals surface area (Å²) in [7, 11) is 1.85. The second-order valence-electron chi connectivity index (χ2n) is 2.08. The zero-order valence-electron chi connectivity index (χ0n) is 6.23. The molecule has 1 rings (SSSR count). The van der Waals surface area contributed by atoms with Gasteiger partial charge in [0.2, 0.25) is 0 Å². The zero-order chi connectivity index (χ0) is 8.97. The van der Waals surface area contributed by atoms with Crippen LogP contribution in [0.15, 0.2) is 18.2 Å². The first-order chi connectivity index (χ1) is 5.77. The van der Waals surface area contributed by atoms with Gasteiger partial charge in [-0.25, -0.2) is 9.78 Å². The van der Waals surface area contributed by atoms with E-state index in [-0.39, 0.29) is 12.3 Å². The van der Waals surface area contributed by atoms with Crippen molar-refractivity contribution in [1.29, 1.82) is 0 Å². The van der Waals surface area contributed by atoms with Crippen LogP contribution in [0.4, 0.5) is 0 Å². The second-order valence-corrected chi connectivity index (χ2v) is 2.31. The molecular formula is C7H8NO3P. The van der Waals surface area contributed by atoms with Crippen molar-refractivity contribution in [3.8, 4) is 0 Å². The number of aromatic nitrogens is 1. The highest BCUT2D eigenvalue weighted by atomic mass is 31.0. The molecule has 1 heterocycles. The molecule has 0 saturated carbocycles. The van der Waals surface area contributed by atoms with Crippen LogP contribution >= 0.6 is 9.47 Å². The van der Waals surface area contributed by atoms with Gasteiger partial charge in [0.25, 0.3) is 0 Å². The fraction of sp³-hybridized carbons (Fsp3) is 0.143. The Morgan fingerprint density at radius 3 is 3.00 bits per heavy atom. The Morgan fingerprint density at radius 2 is 2.42 bits per heavy atom. The molecule has 4 nitrogen and oxygen atoms in total. The van der Waals surface area contributed by atoms with Crippen LogP contribution in [0.2, 0.25) is 0 Å². The molecule has 0 saturated heterocycles. The minimum absolute atomic E-state index is 0.183. The minimum atomic E-state index is -0.532. The van der Waals surface area contributed by atoms with E-state index in [1.807, 2.05) is 9.47 Å². The minimum Gasteiger partial charge on any atom is -0.447 e. The lowest BCUT2D eigenvalue weighted by molar-refractivity contribution is 0.0759. The molecule has 0 spiro atoms. The zero-order valence-corrected chi connectivity index (χ0v) is 7.38. The highest BCUT2D eigenvalue weighted by Crippen LogP contribution is 2.03. The molecule has 1 aromatic rings. The van der Waals surface area contributed by atoms with E-state index >= 15 is 0 Å². The van der Waals surface area contributed by atoms with Crippen molar-refractivity contribution in [2.75, 3.05) is 0 Å². The number of pyridine rings is 1. The van der Waals surface area contributed by atoms with Crippen molar-refractivity contribution in [3.05, 3.63) is 29.6 Å². The first kappa shape index (κ1) is 9.10. The Balaban J connectivity index is 2.93. The third-order valence-corrected chi connectivity index (χ3v) is 1.50. The lowest BCUT2D eigenvalue weighted by Crippen LogP contribution is -2.03. The molecule has 64 valence electrons. The van der Waals surface area contributed by atoms with Crippen LogP contribution in [0.3, 0.4) is 0 Å². The van der Waals surface area contributed by atoms with Crippen LogP contribution in [-0.4, -0.2) is 16.1 Å². The number of hydrogen-bond acceptors (Lipinski definition) is 4. The summed E-state index contributed by atoms with van der Waals surface area (Å²) in [6.07, 6.45) is 0. The predicted octanol–water partition coefficient (Wildman–Crippen LogP) is 0.521. The molecule has 1 aromatic heterocycles. The summed E-state index contributed by atoms with van der Waals surface area (Å²) in [6, 6.07) is 4.78. The van der Waals surface area contributed by atoms with Crippen molar-refractivity contribution in [2.45, 2.75) is 6.61 Å². The third-order valence-electron chi connectivity index (χ3n) is 1.28. The van der Waals surface area contributed by atoms with Crippen LogP contribution in [0, 0.1) is 0 Å². The van der Waals surface area contributed by atoms with E-state index in [1.165, 1.54) is 6.07 Å². The molecule has 12 heavy (non-hydrogen) atoms. The van der Waals surface area contributed by atoms with E-state index in [1.54, 1.807) is 12.1 Å². The summed E-state index contributed by atoms with van der Waals surface area (Å²) in [6.45, 7) is -0.183. The van der Waals surface area contributed by atoms with E-state index in [2.05, 4.69) is 9.51 Å². The fourth-order valence-corrected chi connectivity index (χ4v) is 0.862. The molecule has 1 N–H and O–H groups in total. The molecule has 0 aromatic carbocycles. The van der Waals surface area contributed by atoms with E-state index < -0.39 is 5.97 Å². The monoisotopic (exact) mass is 185 g/mol. The fourth-order valence-electron chi connectivity index (χ4n) is 0.742. The quantitative estimate of drug-likeness (QED) is 0.682. The number of carbonyl (C=O) groups excluding carboxylic acids is 1. The number of carbonyl (C=O) groups is 1. The van der Waals surface area contributed by atoms with Crippen molar-refractivity contribution >= 4 is 15.4 Å². The van der Waals surface area contributed by atoms with Gasteiger partial charge in [0.1, 0.15) is 5.69 Å². The number of hydrogen-bond donors (Lipinski definition) is 1. The molecule has 0 radical (unpaired) electrons. The Bertz CT molecular complexity index is 290. The molecule has 0 aliphatic carbocycles. The highest BCUT2D eigenvalue weighted by molar-refractivity contribution is 7.10. The summed E-state index contributed by atoms with van der Waals surface area (Å²) in [5, 5.41) is 8.70. The largest absolute Gasteiger partial charge is 0.447 e.